The van der Waals surface area contributed by atoms with Gasteiger partial charge in [-0.1, -0.05) is 0 Å². The molecule has 7 heteroatoms. The molecule has 3 N–H and O–H groups in total. The van der Waals surface area contributed by atoms with E-state index < -0.39 is 0 Å². The highest BCUT2D eigenvalue weighted by molar-refractivity contribution is 7.15. The van der Waals surface area contributed by atoms with Crippen LogP contribution < -0.4 is 11.1 Å². The maximum atomic E-state index is 5.79. The van der Waals surface area contributed by atoms with Gasteiger partial charge in [0.05, 0.1) is 23.6 Å². The number of hydrogen-bond acceptors (Lipinski definition) is 6. The Morgan fingerprint density at radius 3 is 3.25 bits per heavy atom. The van der Waals surface area contributed by atoms with Crippen molar-refractivity contribution in [2.75, 3.05) is 18.8 Å². The number of aromatic nitrogens is 3. The molecule has 2 aromatic heterocycles. The first kappa shape index (κ1) is 12.3. The van der Waals surface area contributed by atoms with Gasteiger partial charge in [-0.15, -0.1) is 11.3 Å². The Balaban J connectivity index is 1.48. The van der Waals surface area contributed by atoms with Crippen LogP contribution in [0.2, 0.25) is 0 Å². The lowest BCUT2D eigenvalue weighted by Crippen LogP contribution is -2.29. The summed E-state index contributed by atoms with van der Waals surface area (Å²) >= 11 is 1.62. The maximum absolute atomic E-state index is 5.79. The topological polar surface area (TPSA) is 72.0 Å². The minimum absolute atomic E-state index is 0.695. The smallest absolute Gasteiger partial charge is 0.180 e. The molecule has 0 bridgehead atoms. The molecule has 2 aliphatic heterocycles. The highest BCUT2D eigenvalue weighted by atomic mass is 32.1. The molecule has 0 aromatic carbocycles. The van der Waals surface area contributed by atoms with E-state index in [9.17, 15) is 0 Å². The van der Waals surface area contributed by atoms with E-state index >= 15 is 0 Å². The molecule has 0 saturated carbocycles. The van der Waals surface area contributed by atoms with Gasteiger partial charge in [0.15, 0.2) is 5.13 Å². The molecular formula is C13H18N6S. The SMILES string of the molecule is Nc1nc2c(s1)CN(Cc1cc3n(n1)CCNC3)CC2. The van der Waals surface area contributed by atoms with Gasteiger partial charge in [0.2, 0.25) is 0 Å². The highest BCUT2D eigenvalue weighted by Crippen LogP contribution is 2.27. The Hall–Kier alpha value is -1.44. The van der Waals surface area contributed by atoms with Crippen molar-refractivity contribution in [1.82, 2.24) is 25.0 Å². The van der Waals surface area contributed by atoms with E-state index in [1.807, 2.05) is 0 Å². The first-order valence-corrected chi connectivity index (χ1v) is 7.82. The summed E-state index contributed by atoms with van der Waals surface area (Å²) in [6, 6.07) is 2.22. The van der Waals surface area contributed by atoms with Crippen molar-refractivity contribution < 1.29 is 0 Å². The molecule has 0 amide bonds. The summed E-state index contributed by atoms with van der Waals surface area (Å²) in [5, 5.41) is 8.78. The lowest BCUT2D eigenvalue weighted by Gasteiger charge is -2.24. The zero-order valence-electron chi connectivity index (χ0n) is 11.3. The van der Waals surface area contributed by atoms with Gasteiger partial charge in [-0.3, -0.25) is 9.58 Å². The molecule has 0 spiro atoms. The van der Waals surface area contributed by atoms with E-state index in [4.69, 9.17) is 10.8 Å². The number of nitrogens with one attached hydrogen (secondary N) is 1. The number of nitrogen functional groups attached to an aromatic ring is 1. The minimum atomic E-state index is 0.695. The van der Waals surface area contributed by atoms with Crippen LogP contribution in [0.1, 0.15) is 22.0 Å². The fraction of sp³-hybridized carbons (Fsp3) is 0.538. The molecule has 0 atom stereocenters. The summed E-state index contributed by atoms with van der Waals surface area (Å²) in [6.07, 6.45) is 0.998. The molecule has 106 valence electrons. The van der Waals surface area contributed by atoms with Crippen LogP contribution >= 0.6 is 11.3 Å². The Morgan fingerprint density at radius 1 is 1.40 bits per heavy atom. The maximum Gasteiger partial charge on any atom is 0.180 e. The van der Waals surface area contributed by atoms with Crippen molar-refractivity contribution in [3.8, 4) is 0 Å². The molecule has 0 radical (unpaired) electrons. The number of rotatable bonds is 2. The van der Waals surface area contributed by atoms with E-state index in [-0.39, 0.29) is 0 Å². The molecule has 0 aliphatic carbocycles. The lowest BCUT2D eigenvalue weighted by atomic mass is 10.1. The molecule has 4 rings (SSSR count). The third-order valence-electron chi connectivity index (χ3n) is 3.93. The van der Waals surface area contributed by atoms with Gasteiger partial charge in [-0.05, 0) is 6.07 Å². The molecule has 20 heavy (non-hydrogen) atoms. The van der Waals surface area contributed by atoms with E-state index in [0.29, 0.717) is 5.13 Å². The van der Waals surface area contributed by atoms with Crippen molar-refractivity contribution >= 4 is 16.5 Å². The monoisotopic (exact) mass is 290 g/mol. The van der Waals surface area contributed by atoms with E-state index in [1.54, 1.807) is 11.3 Å². The predicted octanol–water partition coefficient (Wildman–Crippen LogP) is 0.583. The van der Waals surface area contributed by atoms with Crippen molar-refractivity contribution in [2.45, 2.75) is 32.6 Å². The van der Waals surface area contributed by atoms with Gasteiger partial charge in [0.25, 0.3) is 0 Å². The minimum Gasteiger partial charge on any atom is -0.375 e. The van der Waals surface area contributed by atoms with Crippen LogP contribution in [0.4, 0.5) is 5.13 Å². The van der Waals surface area contributed by atoms with Gasteiger partial charge in [0, 0.05) is 44.0 Å². The largest absolute Gasteiger partial charge is 0.375 e. The van der Waals surface area contributed by atoms with Gasteiger partial charge < -0.3 is 11.1 Å². The Morgan fingerprint density at radius 2 is 2.35 bits per heavy atom. The lowest BCUT2D eigenvalue weighted by molar-refractivity contribution is 0.243. The first-order chi connectivity index (χ1) is 9.78. The van der Waals surface area contributed by atoms with Gasteiger partial charge in [0.1, 0.15) is 0 Å². The summed E-state index contributed by atoms with van der Waals surface area (Å²) in [5.74, 6) is 0. The molecule has 0 saturated heterocycles. The van der Waals surface area contributed by atoms with Crippen molar-refractivity contribution in [1.29, 1.82) is 0 Å². The molecule has 0 unspecified atom stereocenters. The summed E-state index contributed by atoms with van der Waals surface area (Å²) in [5.41, 5.74) is 9.45. The van der Waals surface area contributed by atoms with Crippen molar-refractivity contribution in [3.63, 3.8) is 0 Å². The summed E-state index contributed by atoms with van der Waals surface area (Å²) < 4.78 is 2.13. The van der Waals surface area contributed by atoms with Crippen molar-refractivity contribution in [3.05, 3.63) is 28.0 Å². The number of nitrogens with zero attached hydrogens (tertiary/aromatic N) is 4. The van der Waals surface area contributed by atoms with E-state index in [0.717, 1.165) is 45.7 Å². The van der Waals surface area contributed by atoms with Crippen LogP contribution in [0.25, 0.3) is 0 Å². The molecule has 0 fully saturated rings. The number of anilines is 1. The fourth-order valence-electron chi connectivity index (χ4n) is 2.96. The van der Waals surface area contributed by atoms with E-state index in [2.05, 4.69) is 25.9 Å². The Labute approximate surface area is 121 Å². The summed E-state index contributed by atoms with van der Waals surface area (Å²) in [4.78, 5) is 8.14. The van der Waals surface area contributed by atoms with Crippen molar-refractivity contribution in [2.24, 2.45) is 0 Å². The first-order valence-electron chi connectivity index (χ1n) is 7.00. The Bertz CT molecular complexity index is 607. The van der Waals surface area contributed by atoms with Crippen LogP contribution in [0.3, 0.4) is 0 Å². The van der Waals surface area contributed by atoms with Crippen LogP contribution in [-0.4, -0.2) is 32.8 Å². The van der Waals surface area contributed by atoms with E-state index in [1.165, 1.54) is 22.0 Å². The summed E-state index contributed by atoms with van der Waals surface area (Å²) in [7, 11) is 0. The Kier molecular flexibility index (Phi) is 2.98. The molecule has 4 heterocycles. The second-order valence-electron chi connectivity index (χ2n) is 5.41. The standard InChI is InChI=1S/C13H18N6S/c14-13-16-11-1-3-18(8-12(11)20-13)7-9-5-10-6-15-2-4-19(10)17-9/h5,15H,1-4,6-8H2,(H2,14,16). The zero-order valence-corrected chi connectivity index (χ0v) is 12.1. The normalized spacial score (nSPS) is 18.8. The highest BCUT2D eigenvalue weighted by Gasteiger charge is 2.21. The third-order valence-corrected chi connectivity index (χ3v) is 4.84. The fourth-order valence-corrected chi connectivity index (χ4v) is 3.88. The van der Waals surface area contributed by atoms with Gasteiger partial charge in [-0.2, -0.15) is 5.10 Å². The second-order valence-corrected chi connectivity index (χ2v) is 6.52. The van der Waals surface area contributed by atoms with Crippen LogP contribution in [-0.2, 0) is 32.6 Å². The second kappa shape index (κ2) is 4.83. The average molecular weight is 290 g/mol. The van der Waals surface area contributed by atoms with Gasteiger partial charge >= 0.3 is 0 Å². The number of nitrogens with two attached hydrogens (primary N) is 1. The van der Waals surface area contributed by atoms with Crippen LogP contribution in [0, 0.1) is 0 Å². The molecule has 2 aromatic rings. The molecule has 6 nitrogen and oxygen atoms in total. The number of hydrogen-bond donors (Lipinski definition) is 2. The molecule has 2 aliphatic rings. The number of thiazole rings is 1. The van der Waals surface area contributed by atoms with Crippen LogP contribution in [0.15, 0.2) is 6.07 Å². The van der Waals surface area contributed by atoms with Gasteiger partial charge in [-0.25, -0.2) is 4.98 Å². The average Bonchev–Trinajstić information content (AvgIpc) is 2.99. The van der Waals surface area contributed by atoms with Crippen LogP contribution in [0.5, 0.6) is 0 Å². The number of fused-ring (bicyclic) bond motifs is 2. The quantitative estimate of drug-likeness (QED) is 0.847. The zero-order chi connectivity index (χ0) is 13.5. The third kappa shape index (κ3) is 2.21. The molecular weight excluding hydrogens is 272 g/mol. The predicted molar refractivity (Wildman–Crippen MR) is 78.3 cm³/mol. The summed E-state index contributed by atoms with van der Waals surface area (Å²) in [6.45, 7) is 5.83.